The Morgan fingerprint density at radius 2 is 1.79 bits per heavy atom. The Morgan fingerprint density at radius 3 is 2.38 bits per heavy atom. The fourth-order valence-corrected chi connectivity index (χ4v) is 4.23. The normalized spacial score (nSPS) is 18.0. The monoisotopic (exact) mass is 402 g/mol. The fourth-order valence-electron chi connectivity index (χ4n) is 4.23. The number of benzene rings is 1. The molecule has 2 fully saturated rings. The van der Waals surface area contributed by atoms with E-state index in [9.17, 15) is 9.59 Å². The first-order valence-corrected chi connectivity index (χ1v) is 10.7. The van der Waals surface area contributed by atoms with E-state index in [-0.39, 0.29) is 18.9 Å². The topological polar surface area (TPSA) is 79.1 Å². The first-order chi connectivity index (χ1) is 14.0. The summed E-state index contributed by atoms with van der Waals surface area (Å²) in [5.41, 5.74) is 6.06. The lowest BCUT2D eigenvalue weighted by Gasteiger charge is -2.39. The highest BCUT2D eigenvalue weighted by Crippen LogP contribution is 2.33. The third-order valence-corrected chi connectivity index (χ3v) is 6.07. The van der Waals surface area contributed by atoms with E-state index >= 15 is 0 Å². The Bertz CT molecular complexity index is 699. The molecule has 1 aliphatic heterocycles. The van der Waals surface area contributed by atoms with Crippen molar-refractivity contribution in [2.75, 3.05) is 44.7 Å². The SMILES string of the molecule is CCN1CCC(N(CC(=O)N(CCC(N)=O)c2ccccc2OC)C2CC2)CC1. The number of primary amides is 1. The number of amides is 2. The summed E-state index contributed by atoms with van der Waals surface area (Å²) in [5, 5.41) is 0. The number of anilines is 1. The van der Waals surface area contributed by atoms with Gasteiger partial charge in [0.1, 0.15) is 5.75 Å². The molecule has 0 unspecified atom stereocenters. The zero-order valence-electron chi connectivity index (χ0n) is 17.7. The van der Waals surface area contributed by atoms with Crippen LogP contribution in [0.4, 0.5) is 5.69 Å². The van der Waals surface area contributed by atoms with Crippen molar-refractivity contribution in [3.05, 3.63) is 24.3 Å². The molecule has 7 heteroatoms. The number of hydrogen-bond acceptors (Lipinski definition) is 5. The van der Waals surface area contributed by atoms with Crippen LogP contribution in [0, 0.1) is 0 Å². The molecule has 1 heterocycles. The minimum atomic E-state index is -0.413. The van der Waals surface area contributed by atoms with Gasteiger partial charge in [0, 0.05) is 25.0 Å². The summed E-state index contributed by atoms with van der Waals surface area (Å²) in [7, 11) is 1.59. The predicted octanol–water partition coefficient (Wildman–Crippen LogP) is 1.85. The van der Waals surface area contributed by atoms with E-state index in [1.54, 1.807) is 12.0 Å². The van der Waals surface area contributed by atoms with Crippen LogP contribution < -0.4 is 15.4 Å². The van der Waals surface area contributed by atoms with Crippen molar-refractivity contribution in [2.24, 2.45) is 5.73 Å². The number of carbonyl (C=O) groups is 2. The van der Waals surface area contributed by atoms with Crippen molar-refractivity contribution in [3.63, 3.8) is 0 Å². The molecule has 1 aromatic carbocycles. The number of rotatable bonds is 10. The molecule has 2 amide bonds. The number of ether oxygens (including phenoxy) is 1. The summed E-state index contributed by atoms with van der Waals surface area (Å²) in [6.07, 6.45) is 4.66. The molecule has 160 valence electrons. The number of likely N-dealkylation sites (tertiary alicyclic amines) is 1. The van der Waals surface area contributed by atoms with Gasteiger partial charge in [-0.1, -0.05) is 19.1 Å². The highest BCUT2D eigenvalue weighted by molar-refractivity contribution is 5.96. The maximum absolute atomic E-state index is 13.4. The molecule has 2 aliphatic rings. The van der Waals surface area contributed by atoms with Crippen LogP contribution in [0.3, 0.4) is 0 Å². The summed E-state index contributed by atoms with van der Waals surface area (Å²) in [4.78, 5) is 31.3. The number of nitrogens with zero attached hydrogens (tertiary/aromatic N) is 3. The lowest BCUT2D eigenvalue weighted by Crippen LogP contribution is -2.50. The van der Waals surface area contributed by atoms with E-state index < -0.39 is 5.91 Å². The summed E-state index contributed by atoms with van der Waals surface area (Å²) < 4.78 is 5.46. The number of carbonyl (C=O) groups excluding carboxylic acids is 2. The Labute approximate surface area is 173 Å². The average Bonchev–Trinajstić information content (AvgIpc) is 3.57. The highest BCUT2D eigenvalue weighted by Gasteiger charge is 2.37. The molecule has 0 radical (unpaired) electrons. The quantitative estimate of drug-likeness (QED) is 0.646. The third-order valence-electron chi connectivity index (χ3n) is 6.07. The largest absolute Gasteiger partial charge is 0.495 e. The van der Waals surface area contributed by atoms with Gasteiger partial charge in [0.2, 0.25) is 11.8 Å². The first-order valence-electron chi connectivity index (χ1n) is 10.7. The van der Waals surface area contributed by atoms with Gasteiger partial charge in [-0.2, -0.15) is 0 Å². The number of para-hydroxylation sites is 2. The second-order valence-corrected chi connectivity index (χ2v) is 8.00. The van der Waals surface area contributed by atoms with Crippen molar-refractivity contribution in [1.29, 1.82) is 0 Å². The molecule has 0 bridgehead atoms. The van der Waals surface area contributed by atoms with Crippen LogP contribution in [0.25, 0.3) is 0 Å². The Kier molecular flexibility index (Phi) is 7.50. The van der Waals surface area contributed by atoms with Gasteiger partial charge >= 0.3 is 0 Å². The average molecular weight is 403 g/mol. The molecule has 1 saturated heterocycles. The number of methoxy groups -OCH3 is 1. The molecular formula is C22H34N4O3. The summed E-state index contributed by atoms with van der Waals surface area (Å²) in [5.74, 6) is 0.212. The van der Waals surface area contributed by atoms with Crippen LogP contribution in [0.5, 0.6) is 5.75 Å². The number of hydrogen-bond donors (Lipinski definition) is 1. The van der Waals surface area contributed by atoms with Crippen LogP contribution in [-0.2, 0) is 9.59 Å². The van der Waals surface area contributed by atoms with Crippen LogP contribution in [0.2, 0.25) is 0 Å². The number of nitrogens with two attached hydrogens (primary N) is 1. The lowest BCUT2D eigenvalue weighted by molar-refractivity contribution is -0.121. The van der Waals surface area contributed by atoms with Crippen molar-refractivity contribution in [3.8, 4) is 5.75 Å². The third kappa shape index (κ3) is 5.70. The molecule has 3 rings (SSSR count). The van der Waals surface area contributed by atoms with Gasteiger partial charge in [-0.3, -0.25) is 14.5 Å². The molecule has 0 aromatic heterocycles. The van der Waals surface area contributed by atoms with Gasteiger partial charge in [0.25, 0.3) is 0 Å². The Hall–Kier alpha value is -2.12. The van der Waals surface area contributed by atoms with E-state index in [2.05, 4.69) is 16.7 Å². The highest BCUT2D eigenvalue weighted by atomic mass is 16.5. The second-order valence-electron chi connectivity index (χ2n) is 8.00. The molecule has 2 N–H and O–H groups in total. The van der Waals surface area contributed by atoms with Crippen molar-refractivity contribution in [1.82, 2.24) is 9.80 Å². The standard InChI is InChI=1S/C22H34N4O3/c1-3-24-13-10-18(11-14-24)26(17-8-9-17)16-22(28)25(15-12-21(23)27)19-6-4-5-7-20(19)29-2/h4-7,17-18H,3,8-16H2,1-2H3,(H2,23,27). The first kappa shape index (κ1) is 21.6. The summed E-state index contributed by atoms with van der Waals surface area (Å²) in [6, 6.07) is 8.40. The number of piperidine rings is 1. The summed E-state index contributed by atoms with van der Waals surface area (Å²) >= 11 is 0. The molecule has 1 aliphatic carbocycles. The van der Waals surface area contributed by atoms with Crippen LogP contribution in [0.15, 0.2) is 24.3 Å². The smallest absolute Gasteiger partial charge is 0.241 e. The minimum Gasteiger partial charge on any atom is -0.495 e. The van der Waals surface area contributed by atoms with E-state index in [0.29, 0.717) is 30.1 Å². The predicted molar refractivity (Wildman–Crippen MR) is 114 cm³/mol. The van der Waals surface area contributed by atoms with E-state index in [0.717, 1.165) is 45.3 Å². The van der Waals surface area contributed by atoms with Crippen molar-refractivity contribution < 1.29 is 14.3 Å². The summed E-state index contributed by atoms with van der Waals surface area (Å²) in [6.45, 7) is 6.11. The maximum atomic E-state index is 13.4. The van der Waals surface area contributed by atoms with Gasteiger partial charge in [0.15, 0.2) is 0 Å². The molecule has 7 nitrogen and oxygen atoms in total. The molecule has 29 heavy (non-hydrogen) atoms. The van der Waals surface area contributed by atoms with E-state index in [1.165, 1.54) is 0 Å². The molecular weight excluding hydrogens is 368 g/mol. The minimum absolute atomic E-state index is 0.000529. The van der Waals surface area contributed by atoms with Gasteiger partial charge in [0.05, 0.1) is 19.3 Å². The van der Waals surface area contributed by atoms with Gasteiger partial charge in [-0.05, 0) is 57.5 Å². The zero-order valence-corrected chi connectivity index (χ0v) is 17.7. The van der Waals surface area contributed by atoms with Crippen molar-refractivity contribution in [2.45, 2.75) is 51.1 Å². The molecule has 0 spiro atoms. The molecule has 1 saturated carbocycles. The second kappa shape index (κ2) is 10.1. The van der Waals surface area contributed by atoms with Crippen LogP contribution >= 0.6 is 0 Å². The zero-order chi connectivity index (χ0) is 20.8. The van der Waals surface area contributed by atoms with Gasteiger partial charge in [-0.15, -0.1) is 0 Å². The van der Waals surface area contributed by atoms with Gasteiger partial charge < -0.3 is 20.3 Å². The maximum Gasteiger partial charge on any atom is 0.241 e. The van der Waals surface area contributed by atoms with E-state index in [1.807, 2.05) is 24.3 Å². The van der Waals surface area contributed by atoms with Gasteiger partial charge in [-0.25, -0.2) is 0 Å². The Balaban J connectivity index is 1.74. The van der Waals surface area contributed by atoms with E-state index in [4.69, 9.17) is 10.5 Å². The molecule has 1 aromatic rings. The fraction of sp³-hybridized carbons (Fsp3) is 0.636. The Morgan fingerprint density at radius 1 is 1.14 bits per heavy atom. The van der Waals surface area contributed by atoms with Crippen LogP contribution in [0.1, 0.15) is 39.0 Å². The van der Waals surface area contributed by atoms with Crippen LogP contribution in [-0.4, -0.2) is 73.5 Å². The molecule has 0 atom stereocenters. The van der Waals surface area contributed by atoms with Crippen molar-refractivity contribution >= 4 is 17.5 Å². The lowest BCUT2D eigenvalue weighted by atomic mass is 10.0.